The average molecular weight is 97.1 g/mol. The van der Waals surface area contributed by atoms with E-state index in [9.17, 15) is 0 Å². The largest absolute Gasteiger partial charge is 0.327 e. The minimum atomic E-state index is 0.525. The van der Waals surface area contributed by atoms with Gasteiger partial charge in [0.1, 0.15) is 0 Å². The minimum absolute atomic E-state index is 0.525. The fourth-order valence-corrected chi connectivity index (χ4v) is 1.36. The first kappa shape index (κ1) is 3.87. The predicted molar refractivity (Wildman–Crippen MR) is 26.8 cm³/mol. The van der Waals surface area contributed by atoms with Crippen molar-refractivity contribution in [1.29, 1.82) is 0 Å². The van der Waals surface area contributed by atoms with Crippen molar-refractivity contribution in [3.8, 4) is 0 Å². The van der Waals surface area contributed by atoms with Crippen LogP contribution < -0.4 is 11.1 Å². The van der Waals surface area contributed by atoms with E-state index in [4.69, 9.17) is 5.73 Å². The van der Waals surface area contributed by atoms with Gasteiger partial charge in [-0.3, -0.25) is 0 Å². The maximum atomic E-state index is 5.61. The molecule has 0 aromatic carbocycles. The molecule has 1 saturated carbocycles. The van der Waals surface area contributed by atoms with E-state index in [-0.39, 0.29) is 0 Å². The molecule has 2 rings (SSSR count). The Hall–Kier alpha value is -0.0800. The highest BCUT2D eigenvalue weighted by Gasteiger charge is 2.50. The molecule has 1 aliphatic carbocycles. The molecule has 1 radical (unpaired) electrons. The highest BCUT2D eigenvalue weighted by Crippen LogP contribution is 2.40. The third kappa shape index (κ3) is 0.359. The molecule has 1 saturated heterocycles. The van der Waals surface area contributed by atoms with Gasteiger partial charge in [0.2, 0.25) is 0 Å². The summed E-state index contributed by atoms with van der Waals surface area (Å²) >= 11 is 0. The van der Waals surface area contributed by atoms with E-state index >= 15 is 0 Å². The lowest BCUT2D eigenvalue weighted by Crippen LogP contribution is -2.16. The first-order chi connectivity index (χ1) is 3.39. The number of hydrogen-bond acceptors (Lipinski definition) is 1. The topological polar surface area (TPSA) is 40.1 Å². The molecule has 0 spiro atoms. The Labute approximate surface area is 43.1 Å². The zero-order chi connectivity index (χ0) is 4.85. The monoisotopic (exact) mass is 97.1 g/mol. The minimum Gasteiger partial charge on any atom is -0.327 e. The van der Waals surface area contributed by atoms with Crippen LogP contribution in [-0.2, 0) is 0 Å². The molecular weight excluding hydrogens is 88.1 g/mol. The number of hydrogen-bond donors (Lipinski definition) is 1. The Morgan fingerprint density at radius 3 is 2.14 bits per heavy atom. The third-order valence-electron chi connectivity index (χ3n) is 2.08. The second-order valence-electron chi connectivity index (χ2n) is 2.49. The molecular formula is C5H9N2. The van der Waals surface area contributed by atoms with Crippen molar-refractivity contribution in [2.24, 2.45) is 17.6 Å². The van der Waals surface area contributed by atoms with Gasteiger partial charge >= 0.3 is 0 Å². The highest BCUT2D eigenvalue weighted by atomic mass is 15.0. The molecule has 2 aliphatic rings. The van der Waals surface area contributed by atoms with Crippen LogP contribution in [0.15, 0.2) is 0 Å². The first-order valence-corrected chi connectivity index (χ1v) is 2.78. The fraction of sp³-hybridized carbons (Fsp3) is 1.00. The van der Waals surface area contributed by atoms with Crippen LogP contribution in [-0.4, -0.2) is 19.1 Å². The molecule has 1 unspecified atom stereocenters. The summed E-state index contributed by atoms with van der Waals surface area (Å²) in [4.78, 5) is 0. The molecule has 2 nitrogen and oxygen atoms in total. The highest BCUT2D eigenvalue weighted by molar-refractivity contribution is 5.06. The van der Waals surface area contributed by atoms with Crippen molar-refractivity contribution in [3.63, 3.8) is 0 Å². The van der Waals surface area contributed by atoms with Crippen LogP contribution in [0, 0.1) is 11.8 Å². The molecule has 1 heterocycles. The number of piperidine rings is 1. The van der Waals surface area contributed by atoms with E-state index in [1.165, 1.54) is 0 Å². The van der Waals surface area contributed by atoms with Crippen LogP contribution in [0.1, 0.15) is 0 Å². The van der Waals surface area contributed by atoms with Gasteiger partial charge in [0.05, 0.1) is 0 Å². The Balaban J connectivity index is 2.06. The molecule has 7 heavy (non-hydrogen) atoms. The van der Waals surface area contributed by atoms with Crippen molar-refractivity contribution in [1.82, 2.24) is 5.32 Å². The van der Waals surface area contributed by atoms with E-state index in [0.29, 0.717) is 6.04 Å². The van der Waals surface area contributed by atoms with Gasteiger partial charge in [-0.25, -0.2) is 5.32 Å². The van der Waals surface area contributed by atoms with Crippen LogP contribution in [0.3, 0.4) is 0 Å². The molecule has 2 N–H and O–H groups in total. The van der Waals surface area contributed by atoms with Gasteiger partial charge in [-0.15, -0.1) is 0 Å². The maximum Gasteiger partial charge on any atom is 0.0180 e. The van der Waals surface area contributed by atoms with Gasteiger partial charge in [0, 0.05) is 19.1 Å². The molecule has 2 heteroatoms. The van der Waals surface area contributed by atoms with Crippen LogP contribution in [0.2, 0.25) is 0 Å². The van der Waals surface area contributed by atoms with Crippen molar-refractivity contribution < 1.29 is 0 Å². The number of fused-ring (bicyclic) bond motifs is 1. The predicted octanol–water partition coefficient (Wildman–Crippen LogP) is -0.822. The summed E-state index contributed by atoms with van der Waals surface area (Å²) < 4.78 is 0. The average Bonchev–Trinajstić information content (AvgIpc) is 2.26. The van der Waals surface area contributed by atoms with E-state index < -0.39 is 0 Å². The SMILES string of the molecule is NC1[C@H]2C[N]C[C@@H]12. The molecule has 0 bridgehead atoms. The summed E-state index contributed by atoms with van der Waals surface area (Å²) in [7, 11) is 0. The zero-order valence-electron chi connectivity index (χ0n) is 4.17. The van der Waals surface area contributed by atoms with Crippen LogP contribution in [0.5, 0.6) is 0 Å². The Bertz CT molecular complexity index is 82.1. The number of nitrogens with zero attached hydrogens (tertiary/aromatic N) is 1. The molecule has 0 amide bonds. The van der Waals surface area contributed by atoms with Crippen molar-refractivity contribution in [2.75, 3.05) is 13.1 Å². The lowest BCUT2D eigenvalue weighted by Gasteiger charge is -1.91. The van der Waals surface area contributed by atoms with Crippen LogP contribution >= 0.6 is 0 Å². The second-order valence-corrected chi connectivity index (χ2v) is 2.49. The number of rotatable bonds is 0. The van der Waals surface area contributed by atoms with Gasteiger partial charge in [-0.2, -0.15) is 0 Å². The summed E-state index contributed by atoms with van der Waals surface area (Å²) in [5.41, 5.74) is 5.61. The van der Waals surface area contributed by atoms with Gasteiger partial charge < -0.3 is 5.73 Å². The molecule has 2 fully saturated rings. The molecule has 0 aromatic heterocycles. The summed E-state index contributed by atoms with van der Waals surface area (Å²) in [5, 5.41) is 4.18. The molecule has 0 aromatic rings. The summed E-state index contributed by atoms with van der Waals surface area (Å²) in [5.74, 6) is 1.58. The first-order valence-electron chi connectivity index (χ1n) is 2.78. The van der Waals surface area contributed by atoms with E-state index in [2.05, 4.69) is 5.32 Å². The lowest BCUT2D eigenvalue weighted by molar-refractivity contribution is 0.666. The van der Waals surface area contributed by atoms with Gasteiger partial charge in [0.15, 0.2) is 0 Å². The smallest absolute Gasteiger partial charge is 0.0180 e. The van der Waals surface area contributed by atoms with E-state index in [1.54, 1.807) is 0 Å². The Morgan fingerprint density at radius 2 is 1.86 bits per heavy atom. The van der Waals surface area contributed by atoms with Crippen LogP contribution in [0.4, 0.5) is 0 Å². The van der Waals surface area contributed by atoms with Crippen molar-refractivity contribution >= 4 is 0 Å². The molecule has 1 aliphatic heterocycles. The lowest BCUT2D eigenvalue weighted by atomic mass is 10.4. The van der Waals surface area contributed by atoms with Crippen LogP contribution in [0.25, 0.3) is 0 Å². The third-order valence-corrected chi connectivity index (χ3v) is 2.08. The summed E-state index contributed by atoms with van der Waals surface area (Å²) in [6.07, 6.45) is 0. The summed E-state index contributed by atoms with van der Waals surface area (Å²) in [6, 6.07) is 0.525. The Kier molecular flexibility index (Phi) is 0.557. The van der Waals surface area contributed by atoms with Gasteiger partial charge in [-0.1, -0.05) is 0 Å². The Morgan fingerprint density at radius 1 is 1.29 bits per heavy atom. The van der Waals surface area contributed by atoms with Gasteiger partial charge in [0.25, 0.3) is 0 Å². The number of nitrogens with two attached hydrogens (primary N) is 1. The van der Waals surface area contributed by atoms with E-state index in [0.717, 1.165) is 24.9 Å². The quantitative estimate of drug-likeness (QED) is 0.421. The molecule has 3 atom stereocenters. The standard InChI is InChI=1S/C5H9N2/c6-5-3-1-7-2-4(3)5/h3-5H,1-2,6H2/t3-,4+,5?. The fourth-order valence-electron chi connectivity index (χ4n) is 1.36. The van der Waals surface area contributed by atoms with E-state index in [1.807, 2.05) is 0 Å². The van der Waals surface area contributed by atoms with Crippen molar-refractivity contribution in [2.45, 2.75) is 6.04 Å². The zero-order valence-corrected chi connectivity index (χ0v) is 4.17. The second kappa shape index (κ2) is 1.01. The maximum absolute atomic E-state index is 5.61. The molecule has 39 valence electrons. The summed E-state index contributed by atoms with van der Waals surface area (Å²) in [6.45, 7) is 2.09. The van der Waals surface area contributed by atoms with Crippen molar-refractivity contribution in [3.05, 3.63) is 0 Å². The van der Waals surface area contributed by atoms with Gasteiger partial charge in [-0.05, 0) is 11.8 Å². The normalized spacial score (nSPS) is 57.0.